The fraction of sp³-hybridized carbons (Fsp3) is 0.455. The van der Waals surface area contributed by atoms with Gasteiger partial charge in [0.05, 0.1) is 5.56 Å². The smallest absolute Gasteiger partial charge is 0.221 e. The molecular weight excluding hydrogens is 190 g/mol. The van der Waals surface area contributed by atoms with Crippen molar-refractivity contribution in [2.45, 2.75) is 20.3 Å². The van der Waals surface area contributed by atoms with Gasteiger partial charge in [-0.1, -0.05) is 0 Å². The Balaban J connectivity index is 2.71. The summed E-state index contributed by atoms with van der Waals surface area (Å²) < 4.78 is 5.43. The zero-order valence-corrected chi connectivity index (χ0v) is 9.08. The van der Waals surface area contributed by atoms with Crippen LogP contribution in [0, 0.1) is 19.3 Å². The maximum absolute atomic E-state index is 5.43. The Hall–Kier alpha value is -1.76. The molecule has 0 aliphatic rings. The van der Waals surface area contributed by atoms with Crippen LogP contribution >= 0.6 is 0 Å². The van der Waals surface area contributed by atoms with Gasteiger partial charge in [-0.25, -0.2) is 9.97 Å². The van der Waals surface area contributed by atoms with Crippen LogP contribution in [-0.2, 0) is 0 Å². The molecule has 4 nitrogen and oxygen atoms in total. The van der Waals surface area contributed by atoms with E-state index in [1.54, 1.807) is 0 Å². The molecule has 0 saturated carbocycles. The number of nitrogens with one attached hydrogen (secondary N) is 1. The van der Waals surface area contributed by atoms with Crippen LogP contribution in [-0.4, -0.2) is 23.1 Å². The predicted molar refractivity (Wildman–Crippen MR) is 59.9 cm³/mol. The molecule has 0 unspecified atom stereocenters. The number of nitrogens with zero attached hydrogens (tertiary/aromatic N) is 2. The van der Waals surface area contributed by atoms with E-state index in [-0.39, 0.29) is 0 Å². The van der Waals surface area contributed by atoms with E-state index >= 15 is 0 Å². The SMILES string of the molecule is C#CCCOc1ncnc(NCC)c1C. The molecule has 0 bridgehead atoms. The van der Waals surface area contributed by atoms with Crippen LogP contribution in [0.3, 0.4) is 0 Å². The number of ether oxygens (including phenoxy) is 1. The number of aromatic nitrogens is 2. The van der Waals surface area contributed by atoms with Crippen molar-refractivity contribution in [1.29, 1.82) is 0 Å². The Morgan fingerprint density at radius 1 is 1.53 bits per heavy atom. The highest BCUT2D eigenvalue weighted by Crippen LogP contribution is 2.19. The van der Waals surface area contributed by atoms with Gasteiger partial charge in [0.1, 0.15) is 18.8 Å². The molecule has 1 aromatic heterocycles. The van der Waals surface area contributed by atoms with Crippen molar-refractivity contribution < 1.29 is 4.74 Å². The minimum atomic E-state index is 0.486. The number of terminal acetylenes is 1. The van der Waals surface area contributed by atoms with Crippen LogP contribution < -0.4 is 10.1 Å². The monoisotopic (exact) mass is 205 g/mol. The van der Waals surface area contributed by atoms with E-state index in [1.165, 1.54) is 6.33 Å². The van der Waals surface area contributed by atoms with Crippen LogP contribution in [0.5, 0.6) is 5.88 Å². The van der Waals surface area contributed by atoms with Crippen molar-refractivity contribution in [2.75, 3.05) is 18.5 Å². The second kappa shape index (κ2) is 5.86. The lowest BCUT2D eigenvalue weighted by atomic mass is 10.3. The number of rotatable bonds is 5. The molecule has 15 heavy (non-hydrogen) atoms. The Kier molecular flexibility index (Phi) is 4.42. The molecule has 1 N–H and O–H groups in total. The summed E-state index contributed by atoms with van der Waals surface area (Å²) in [6, 6.07) is 0. The summed E-state index contributed by atoms with van der Waals surface area (Å²) in [7, 11) is 0. The third-order valence-corrected chi connectivity index (χ3v) is 1.87. The van der Waals surface area contributed by atoms with Gasteiger partial charge >= 0.3 is 0 Å². The van der Waals surface area contributed by atoms with E-state index in [2.05, 4.69) is 21.2 Å². The van der Waals surface area contributed by atoms with Crippen LogP contribution in [0.25, 0.3) is 0 Å². The normalized spacial score (nSPS) is 9.40. The molecule has 0 radical (unpaired) electrons. The zero-order chi connectivity index (χ0) is 11.1. The molecule has 0 aliphatic carbocycles. The average Bonchev–Trinajstić information content (AvgIpc) is 2.24. The van der Waals surface area contributed by atoms with E-state index in [4.69, 9.17) is 11.2 Å². The standard InChI is InChI=1S/C11H15N3O/c1-4-6-7-15-11-9(3)10(12-5-2)13-8-14-11/h1,8H,5-7H2,2-3H3,(H,12,13,14). The first kappa shape index (κ1) is 11.3. The Morgan fingerprint density at radius 3 is 3.00 bits per heavy atom. The highest BCUT2D eigenvalue weighted by molar-refractivity contribution is 5.47. The van der Waals surface area contributed by atoms with Gasteiger partial charge in [0.25, 0.3) is 0 Å². The second-order valence-electron chi connectivity index (χ2n) is 2.99. The van der Waals surface area contributed by atoms with E-state index in [1.807, 2.05) is 13.8 Å². The lowest BCUT2D eigenvalue weighted by Crippen LogP contribution is -2.06. The third kappa shape index (κ3) is 3.13. The first-order chi connectivity index (χ1) is 7.29. The fourth-order valence-corrected chi connectivity index (χ4v) is 1.13. The quantitative estimate of drug-likeness (QED) is 0.586. The summed E-state index contributed by atoms with van der Waals surface area (Å²) in [4.78, 5) is 8.17. The molecule has 1 heterocycles. The average molecular weight is 205 g/mol. The van der Waals surface area contributed by atoms with Crippen molar-refractivity contribution in [1.82, 2.24) is 9.97 Å². The van der Waals surface area contributed by atoms with Crippen molar-refractivity contribution in [2.24, 2.45) is 0 Å². The van der Waals surface area contributed by atoms with Gasteiger partial charge in [-0.3, -0.25) is 0 Å². The summed E-state index contributed by atoms with van der Waals surface area (Å²) in [5.74, 6) is 3.92. The summed E-state index contributed by atoms with van der Waals surface area (Å²) in [6.45, 7) is 5.24. The third-order valence-electron chi connectivity index (χ3n) is 1.87. The topological polar surface area (TPSA) is 47.0 Å². The van der Waals surface area contributed by atoms with Gasteiger partial charge < -0.3 is 10.1 Å². The minimum Gasteiger partial charge on any atom is -0.476 e. The van der Waals surface area contributed by atoms with Crippen LogP contribution in [0.4, 0.5) is 5.82 Å². The molecule has 0 atom stereocenters. The van der Waals surface area contributed by atoms with E-state index in [0.29, 0.717) is 18.9 Å². The first-order valence-electron chi connectivity index (χ1n) is 4.91. The van der Waals surface area contributed by atoms with Gasteiger partial charge in [0.2, 0.25) is 5.88 Å². The van der Waals surface area contributed by atoms with Crippen LogP contribution in [0.1, 0.15) is 18.9 Å². The summed E-state index contributed by atoms with van der Waals surface area (Å²) in [5.41, 5.74) is 0.913. The van der Waals surface area contributed by atoms with Gasteiger partial charge in [0, 0.05) is 13.0 Å². The summed E-state index contributed by atoms with van der Waals surface area (Å²) >= 11 is 0. The first-order valence-corrected chi connectivity index (χ1v) is 4.91. The van der Waals surface area contributed by atoms with Gasteiger partial charge in [-0.2, -0.15) is 0 Å². The second-order valence-corrected chi connectivity index (χ2v) is 2.99. The largest absolute Gasteiger partial charge is 0.476 e. The molecule has 0 aromatic carbocycles. The summed E-state index contributed by atoms with van der Waals surface area (Å²) in [6.07, 6.45) is 7.20. The molecule has 1 aromatic rings. The lowest BCUT2D eigenvalue weighted by Gasteiger charge is -2.10. The molecule has 4 heteroatoms. The highest BCUT2D eigenvalue weighted by Gasteiger charge is 2.06. The van der Waals surface area contributed by atoms with E-state index in [9.17, 15) is 0 Å². The molecular formula is C11H15N3O. The lowest BCUT2D eigenvalue weighted by molar-refractivity contribution is 0.311. The number of anilines is 1. The molecule has 0 amide bonds. The Labute approximate surface area is 90.1 Å². The van der Waals surface area contributed by atoms with E-state index in [0.717, 1.165) is 17.9 Å². The molecule has 80 valence electrons. The van der Waals surface area contributed by atoms with Gasteiger partial charge in [-0.05, 0) is 13.8 Å². The Morgan fingerprint density at radius 2 is 2.33 bits per heavy atom. The van der Waals surface area contributed by atoms with Crippen molar-refractivity contribution >= 4 is 5.82 Å². The molecule has 0 spiro atoms. The molecule has 1 rings (SSSR count). The summed E-state index contributed by atoms with van der Waals surface area (Å²) in [5, 5.41) is 3.14. The molecule has 0 fully saturated rings. The fourth-order valence-electron chi connectivity index (χ4n) is 1.13. The number of hydrogen-bond donors (Lipinski definition) is 1. The highest BCUT2D eigenvalue weighted by atomic mass is 16.5. The van der Waals surface area contributed by atoms with E-state index < -0.39 is 0 Å². The Bertz CT molecular complexity index is 357. The van der Waals surface area contributed by atoms with Gasteiger partial charge in [-0.15, -0.1) is 12.3 Å². The predicted octanol–water partition coefficient (Wildman–Crippen LogP) is 1.62. The maximum Gasteiger partial charge on any atom is 0.221 e. The maximum atomic E-state index is 5.43. The zero-order valence-electron chi connectivity index (χ0n) is 9.08. The molecule has 0 saturated heterocycles. The van der Waals surface area contributed by atoms with Crippen molar-refractivity contribution in [3.8, 4) is 18.2 Å². The minimum absolute atomic E-state index is 0.486. The van der Waals surface area contributed by atoms with Gasteiger partial charge in [0.15, 0.2) is 0 Å². The number of hydrogen-bond acceptors (Lipinski definition) is 4. The van der Waals surface area contributed by atoms with Crippen LogP contribution in [0.15, 0.2) is 6.33 Å². The van der Waals surface area contributed by atoms with Crippen LogP contribution in [0.2, 0.25) is 0 Å². The van der Waals surface area contributed by atoms with Crippen molar-refractivity contribution in [3.05, 3.63) is 11.9 Å². The molecule has 0 aliphatic heterocycles. The van der Waals surface area contributed by atoms with Crippen molar-refractivity contribution in [3.63, 3.8) is 0 Å².